The zero-order chi connectivity index (χ0) is 21.1. The SMILES string of the molecule is O=[N+]([O-])c1ccc(S(=O)(=O)n2c3cc(O)c(O)cc3c3ccc(O)c(O)c32)cc1. The Morgan fingerprint density at radius 3 is 2.07 bits per heavy atom. The average molecular weight is 416 g/mol. The molecule has 4 rings (SSSR count). The summed E-state index contributed by atoms with van der Waals surface area (Å²) in [7, 11) is -4.43. The normalized spacial score (nSPS) is 11.9. The summed E-state index contributed by atoms with van der Waals surface area (Å²) in [4.78, 5) is 9.83. The lowest BCUT2D eigenvalue weighted by atomic mass is 10.1. The van der Waals surface area contributed by atoms with Gasteiger partial charge in [-0.15, -0.1) is 0 Å². The van der Waals surface area contributed by atoms with Crippen LogP contribution in [0.3, 0.4) is 0 Å². The molecule has 0 saturated carbocycles. The Morgan fingerprint density at radius 1 is 0.828 bits per heavy atom. The van der Waals surface area contributed by atoms with Crippen LogP contribution in [-0.4, -0.2) is 37.7 Å². The number of nitro benzene ring substituents is 1. The zero-order valence-corrected chi connectivity index (χ0v) is 15.2. The minimum Gasteiger partial charge on any atom is -0.504 e. The molecule has 29 heavy (non-hydrogen) atoms. The Balaban J connectivity index is 2.14. The van der Waals surface area contributed by atoms with Gasteiger partial charge in [-0.25, -0.2) is 12.4 Å². The fraction of sp³-hybridized carbons (Fsp3) is 0. The highest BCUT2D eigenvalue weighted by Gasteiger charge is 2.27. The highest BCUT2D eigenvalue weighted by atomic mass is 32.2. The molecule has 0 aliphatic heterocycles. The third kappa shape index (κ3) is 2.59. The van der Waals surface area contributed by atoms with E-state index in [0.717, 1.165) is 42.5 Å². The van der Waals surface area contributed by atoms with Crippen molar-refractivity contribution in [3.8, 4) is 23.0 Å². The molecule has 0 atom stereocenters. The molecule has 1 aromatic heterocycles. The topological polar surface area (TPSA) is 163 Å². The molecule has 148 valence electrons. The number of nitrogens with zero attached hydrogens (tertiary/aromatic N) is 2. The second kappa shape index (κ2) is 6.01. The molecular weight excluding hydrogens is 404 g/mol. The van der Waals surface area contributed by atoms with Crippen LogP contribution in [0.5, 0.6) is 23.0 Å². The van der Waals surface area contributed by atoms with Gasteiger partial charge in [-0.1, -0.05) is 0 Å². The lowest BCUT2D eigenvalue weighted by Crippen LogP contribution is -2.13. The van der Waals surface area contributed by atoms with Crippen LogP contribution < -0.4 is 0 Å². The summed E-state index contributed by atoms with van der Waals surface area (Å²) in [5.74, 6) is -2.39. The number of fused-ring (bicyclic) bond motifs is 3. The first-order valence-corrected chi connectivity index (χ1v) is 9.48. The second-order valence-corrected chi connectivity index (χ2v) is 7.99. The van der Waals surface area contributed by atoms with Gasteiger partial charge in [0.1, 0.15) is 5.52 Å². The van der Waals surface area contributed by atoms with Crippen molar-refractivity contribution in [2.45, 2.75) is 4.90 Å². The van der Waals surface area contributed by atoms with Crippen LogP contribution in [0.4, 0.5) is 5.69 Å². The summed E-state index contributed by atoms with van der Waals surface area (Å²) >= 11 is 0. The zero-order valence-electron chi connectivity index (χ0n) is 14.3. The molecule has 0 radical (unpaired) electrons. The van der Waals surface area contributed by atoms with Gasteiger partial charge < -0.3 is 20.4 Å². The number of hydrogen-bond donors (Lipinski definition) is 4. The van der Waals surface area contributed by atoms with Crippen LogP contribution in [0.25, 0.3) is 21.8 Å². The maximum absolute atomic E-state index is 13.3. The van der Waals surface area contributed by atoms with E-state index in [1.165, 1.54) is 6.07 Å². The molecule has 3 aromatic carbocycles. The number of nitro groups is 1. The standard InChI is InChI=1S/C18H12N2O8S/c21-14-6-5-11-12-7-15(22)16(23)8-13(12)19(17(11)18(14)24)29(27,28)10-3-1-9(2-4-10)20(25)26/h1-8,21-24H. The van der Waals surface area contributed by atoms with E-state index >= 15 is 0 Å². The lowest BCUT2D eigenvalue weighted by Gasteiger charge is -2.11. The maximum Gasteiger partial charge on any atom is 0.269 e. The van der Waals surface area contributed by atoms with E-state index in [4.69, 9.17) is 0 Å². The number of rotatable bonds is 3. The van der Waals surface area contributed by atoms with Crippen LogP contribution >= 0.6 is 0 Å². The summed E-state index contributed by atoms with van der Waals surface area (Å²) in [5.41, 5.74) is -0.660. The van der Waals surface area contributed by atoms with Crippen molar-refractivity contribution >= 4 is 37.5 Å². The van der Waals surface area contributed by atoms with E-state index in [1.807, 2.05) is 0 Å². The van der Waals surface area contributed by atoms with Crippen LogP contribution in [0.1, 0.15) is 0 Å². The van der Waals surface area contributed by atoms with Gasteiger partial charge in [-0.2, -0.15) is 0 Å². The van der Waals surface area contributed by atoms with Gasteiger partial charge >= 0.3 is 0 Å². The third-order valence-corrected chi connectivity index (χ3v) is 6.25. The van der Waals surface area contributed by atoms with E-state index in [9.17, 15) is 39.0 Å². The van der Waals surface area contributed by atoms with Crippen LogP contribution in [-0.2, 0) is 10.0 Å². The maximum atomic E-state index is 13.3. The molecular formula is C18H12N2O8S. The number of non-ortho nitro benzene ring substituents is 1. The molecule has 0 aliphatic rings. The van der Waals surface area contributed by atoms with Gasteiger partial charge in [0.05, 0.1) is 15.3 Å². The summed E-state index contributed by atoms with van der Waals surface area (Å²) < 4.78 is 27.3. The van der Waals surface area contributed by atoms with Crippen molar-refractivity contribution in [3.05, 3.63) is 58.6 Å². The van der Waals surface area contributed by atoms with Crippen molar-refractivity contribution < 1.29 is 33.8 Å². The molecule has 4 aromatic rings. The Morgan fingerprint density at radius 2 is 1.45 bits per heavy atom. The number of benzene rings is 3. The van der Waals surface area contributed by atoms with Crippen molar-refractivity contribution in [2.75, 3.05) is 0 Å². The molecule has 0 unspecified atom stereocenters. The van der Waals surface area contributed by atoms with E-state index in [1.54, 1.807) is 0 Å². The fourth-order valence-corrected chi connectivity index (χ4v) is 4.68. The first-order chi connectivity index (χ1) is 13.6. The summed E-state index contributed by atoms with van der Waals surface area (Å²) in [5, 5.41) is 51.2. The van der Waals surface area contributed by atoms with E-state index in [2.05, 4.69) is 0 Å². The molecule has 0 amide bonds. The molecule has 0 fully saturated rings. The first kappa shape index (κ1) is 18.4. The summed E-state index contributed by atoms with van der Waals surface area (Å²) in [6, 6.07) is 8.74. The molecule has 11 heteroatoms. The summed E-state index contributed by atoms with van der Waals surface area (Å²) in [6.07, 6.45) is 0. The minimum absolute atomic E-state index is 0.0745. The van der Waals surface area contributed by atoms with E-state index < -0.39 is 37.9 Å². The number of aromatic hydroxyl groups is 4. The fourth-order valence-electron chi connectivity index (χ4n) is 3.16. The Kier molecular flexibility index (Phi) is 3.81. The van der Waals surface area contributed by atoms with Crippen LogP contribution in [0.15, 0.2) is 53.4 Å². The summed E-state index contributed by atoms with van der Waals surface area (Å²) in [6.45, 7) is 0. The Bertz CT molecular complexity index is 1420. The van der Waals surface area contributed by atoms with Crippen LogP contribution in [0.2, 0.25) is 0 Å². The number of phenols is 4. The van der Waals surface area contributed by atoms with Crippen molar-refractivity contribution in [1.29, 1.82) is 0 Å². The molecule has 1 heterocycles. The molecule has 0 saturated heterocycles. The lowest BCUT2D eigenvalue weighted by molar-refractivity contribution is -0.384. The van der Waals surface area contributed by atoms with Crippen molar-refractivity contribution in [1.82, 2.24) is 3.97 Å². The molecule has 0 spiro atoms. The van der Waals surface area contributed by atoms with Gasteiger partial charge in [-0.05, 0) is 30.3 Å². The van der Waals surface area contributed by atoms with E-state index in [-0.39, 0.29) is 32.4 Å². The monoisotopic (exact) mass is 416 g/mol. The number of phenolic OH excluding ortho intramolecular Hbond substituents is 4. The largest absolute Gasteiger partial charge is 0.504 e. The molecule has 0 bridgehead atoms. The first-order valence-electron chi connectivity index (χ1n) is 8.04. The predicted molar refractivity (Wildman–Crippen MR) is 102 cm³/mol. The number of hydrogen-bond acceptors (Lipinski definition) is 8. The van der Waals surface area contributed by atoms with Gasteiger partial charge in [0.2, 0.25) is 0 Å². The predicted octanol–water partition coefficient (Wildman–Crippen LogP) is 2.76. The van der Waals surface area contributed by atoms with Gasteiger partial charge in [0.15, 0.2) is 23.0 Å². The van der Waals surface area contributed by atoms with Crippen LogP contribution in [0, 0.1) is 10.1 Å². The van der Waals surface area contributed by atoms with E-state index in [0.29, 0.717) is 3.97 Å². The highest BCUT2D eigenvalue weighted by molar-refractivity contribution is 7.90. The number of aromatic nitrogens is 1. The van der Waals surface area contributed by atoms with Gasteiger partial charge in [0, 0.05) is 29.0 Å². The quantitative estimate of drug-likeness (QED) is 0.225. The second-order valence-electron chi connectivity index (χ2n) is 6.21. The third-order valence-electron chi connectivity index (χ3n) is 4.52. The average Bonchev–Trinajstić information content (AvgIpc) is 2.99. The smallest absolute Gasteiger partial charge is 0.269 e. The van der Waals surface area contributed by atoms with Gasteiger partial charge in [0.25, 0.3) is 15.7 Å². The van der Waals surface area contributed by atoms with Gasteiger partial charge in [-0.3, -0.25) is 10.1 Å². The Labute approximate surface area is 162 Å². The van der Waals surface area contributed by atoms with Crippen molar-refractivity contribution in [3.63, 3.8) is 0 Å². The molecule has 10 nitrogen and oxygen atoms in total. The molecule has 4 N–H and O–H groups in total. The van der Waals surface area contributed by atoms with Crippen molar-refractivity contribution in [2.24, 2.45) is 0 Å². The molecule has 0 aliphatic carbocycles. The highest BCUT2D eigenvalue weighted by Crippen LogP contribution is 2.44. The Hall–Kier alpha value is -3.99. The minimum atomic E-state index is -4.43.